The number of hydrazine groups is 1. The molecular weight excluding hydrogens is 234 g/mol. The van der Waals surface area contributed by atoms with E-state index in [9.17, 15) is 0 Å². The van der Waals surface area contributed by atoms with E-state index in [0.29, 0.717) is 18.5 Å². The van der Waals surface area contributed by atoms with Gasteiger partial charge in [-0.3, -0.25) is 9.99 Å². The van der Waals surface area contributed by atoms with E-state index in [1.165, 1.54) is 0 Å². The summed E-state index contributed by atoms with van der Waals surface area (Å²) in [4.78, 5) is 16.2. The zero-order chi connectivity index (χ0) is 13.0. The topological polar surface area (TPSA) is 104 Å². The van der Waals surface area contributed by atoms with E-state index in [2.05, 4.69) is 25.4 Å². The van der Waals surface area contributed by atoms with E-state index in [0.717, 1.165) is 0 Å². The molecule has 2 aromatic heterocycles. The van der Waals surface area contributed by atoms with Crippen LogP contribution in [0.3, 0.4) is 0 Å². The van der Waals surface area contributed by atoms with Crippen LogP contribution in [-0.4, -0.2) is 31.1 Å². The second-order valence-corrected chi connectivity index (χ2v) is 4.06. The molecule has 2 aromatic rings. The molecule has 0 aliphatic rings. The standard InChI is InChI=1S/C10H15N7O/c1-7(2)5-18-10-14-8(16-11)13-9(15-10)17-4-3-12-6-17/h3-4,6-7H,5,11H2,1-2H3,(H,13,14,15,16). The Morgan fingerprint density at radius 2 is 2.22 bits per heavy atom. The number of hydrogen-bond acceptors (Lipinski definition) is 7. The van der Waals surface area contributed by atoms with Gasteiger partial charge in [0, 0.05) is 12.4 Å². The Labute approximate surface area is 104 Å². The maximum atomic E-state index is 5.46. The summed E-state index contributed by atoms with van der Waals surface area (Å²) in [7, 11) is 0. The maximum Gasteiger partial charge on any atom is 0.323 e. The monoisotopic (exact) mass is 249 g/mol. The number of ether oxygens (including phenoxy) is 1. The van der Waals surface area contributed by atoms with E-state index >= 15 is 0 Å². The van der Waals surface area contributed by atoms with Crippen molar-refractivity contribution in [3.63, 3.8) is 0 Å². The van der Waals surface area contributed by atoms with E-state index in [1.54, 1.807) is 23.3 Å². The first kappa shape index (κ1) is 12.2. The summed E-state index contributed by atoms with van der Waals surface area (Å²) in [6, 6.07) is 0.232. The Morgan fingerprint density at radius 1 is 1.39 bits per heavy atom. The predicted molar refractivity (Wildman–Crippen MR) is 65.1 cm³/mol. The normalized spacial score (nSPS) is 10.7. The zero-order valence-electron chi connectivity index (χ0n) is 10.2. The van der Waals surface area contributed by atoms with Crippen molar-refractivity contribution in [2.75, 3.05) is 12.0 Å². The Balaban J connectivity index is 2.27. The highest BCUT2D eigenvalue weighted by atomic mass is 16.5. The summed E-state index contributed by atoms with van der Waals surface area (Å²) in [5.74, 6) is 6.34. The van der Waals surface area contributed by atoms with E-state index < -0.39 is 0 Å². The molecule has 2 heterocycles. The number of nitrogens with two attached hydrogens (primary N) is 1. The summed E-state index contributed by atoms with van der Waals surface area (Å²) >= 11 is 0. The van der Waals surface area contributed by atoms with Crippen LogP contribution >= 0.6 is 0 Å². The molecule has 8 heteroatoms. The lowest BCUT2D eigenvalue weighted by Gasteiger charge is -2.09. The summed E-state index contributed by atoms with van der Waals surface area (Å²) in [6.07, 6.45) is 4.94. The van der Waals surface area contributed by atoms with Crippen molar-refractivity contribution < 1.29 is 4.74 Å². The molecule has 0 aromatic carbocycles. The van der Waals surface area contributed by atoms with Crippen molar-refractivity contribution in [3.8, 4) is 12.0 Å². The Kier molecular flexibility index (Phi) is 3.68. The van der Waals surface area contributed by atoms with Crippen molar-refractivity contribution >= 4 is 5.95 Å². The molecule has 0 amide bonds. The number of hydrogen-bond donors (Lipinski definition) is 2. The minimum atomic E-state index is 0.232. The molecule has 0 radical (unpaired) electrons. The van der Waals surface area contributed by atoms with Crippen LogP contribution < -0.4 is 16.0 Å². The van der Waals surface area contributed by atoms with Crippen LogP contribution in [0.25, 0.3) is 5.95 Å². The molecule has 0 spiro atoms. The summed E-state index contributed by atoms with van der Waals surface area (Å²) < 4.78 is 7.10. The molecule has 18 heavy (non-hydrogen) atoms. The molecule has 0 bridgehead atoms. The second kappa shape index (κ2) is 5.41. The summed E-state index contributed by atoms with van der Waals surface area (Å²) in [5.41, 5.74) is 2.38. The fourth-order valence-electron chi connectivity index (χ4n) is 1.21. The number of nitrogens with zero attached hydrogens (tertiary/aromatic N) is 5. The third-order valence-electron chi connectivity index (χ3n) is 2.01. The highest BCUT2D eigenvalue weighted by Crippen LogP contribution is 2.11. The molecule has 8 nitrogen and oxygen atoms in total. The lowest BCUT2D eigenvalue weighted by atomic mass is 10.2. The molecule has 0 unspecified atom stereocenters. The third kappa shape index (κ3) is 2.92. The fourth-order valence-corrected chi connectivity index (χ4v) is 1.21. The van der Waals surface area contributed by atoms with Crippen molar-refractivity contribution in [1.29, 1.82) is 0 Å². The van der Waals surface area contributed by atoms with Crippen LogP contribution in [0.5, 0.6) is 6.01 Å². The highest BCUT2D eigenvalue weighted by Gasteiger charge is 2.08. The fraction of sp³-hybridized carbons (Fsp3) is 0.400. The van der Waals surface area contributed by atoms with Gasteiger partial charge in [-0.15, -0.1) is 0 Å². The molecular formula is C10H15N7O. The van der Waals surface area contributed by atoms with Crippen LogP contribution in [-0.2, 0) is 0 Å². The van der Waals surface area contributed by atoms with Gasteiger partial charge in [-0.25, -0.2) is 10.8 Å². The predicted octanol–water partition coefficient (Wildman–Crippen LogP) is 0.378. The van der Waals surface area contributed by atoms with Gasteiger partial charge in [0.2, 0.25) is 11.9 Å². The number of rotatable bonds is 5. The quantitative estimate of drug-likeness (QED) is 0.583. The van der Waals surface area contributed by atoms with Crippen LogP contribution in [0.15, 0.2) is 18.7 Å². The van der Waals surface area contributed by atoms with Crippen molar-refractivity contribution in [2.45, 2.75) is 13.8 Å². The molecule has 0 aliphatic heterocycles. The molecule has 2 rings (SSSR count). The lowest BCUT2D eigenvalue weighted by molar-refractivity contribution is 0.250. The van der Waals surface area contributed by atoms with Gasteiger partial charge >= 0.3 is 6.01 Å². The Bertz CT molecular complexity index is 497. The molecule has 0 atom stereocenters. The van der Waals surface area contributed by atoms with Crippen LogP contribution in [0.1, 0.15) is 13.8 Å². The first-order valence-electron chi connectivity index (χ1n) is 5.53. The number of imidazole rings is 1. The van der Waals surface area contributed by atoms with E-state index in [1.807, 2.05) is 13.8 Å². The molecule has 96 valence electrons. The average molecular weight is 249 g/mol. The smallest absolute Gasteiger partial charge is 0.323 e. The van der Waals surface area contributed by atoms with Crippen molar-refractivity contribution in [3.05, 3.63) is 18.7 Å². The highest BCUT2D eigenvalue weighted by molar-refractivity contribution is 5.28. The van der Waals surface area contributed by atoms with Gasteiger partial charge in [0.05, 0.1) is 6.61 Å². The van der Waals surface area contributed by atoms with Crippen molar-refractivity contribution in [1.82, 2.24) is 24.5 Å². The number of nitrogens with one attached hydrogen (secondary N) is 1. The minimum Gasteiger partial charge on any atom is -0.463 e. The molecule has 3 N–H and O–H groups in total. The summed E-state index contributed by atoms with van der Waals surface area (Å²) in [6.45, 7) is 4.61. The summed E-state index contributed by atoms with van der Waals surface area (Å²) in [5, 5.41) is 0. The van der Waals surface area contributed by atoms with Gasteiger partial charge < -0.3 is 4.74 Å². The SMILES string of the molecule is CC(C)COc1nc(NN)nc(-n2ccnc2)n1. The molecule has 0 aliphatic carbocycles. The van der Waals surface area contributed by atoms with Gasteiger partial charge in [-0.1, -0.05) is 13.8 Å². The molecule has 0 saturated carbocycles. The minimum absolute atomic E-state index is 0.232. The number of anilines is 1. The van der Waals surface area contributed by atoms with E-state index in [-0.39, 0.29) is 12.0 Å². The second-order valence-electron chi connectivity index (χ2n) is 4.06. The Hall–Kier alpha value is -2.22. The number of aromatic nitrogens is 5. The lowest BCUT2D eigenvalue weighted by Crippen LogP contribution is -2.15. The molecule has 0 saturated heterocycles. The van der Waals surface area contributed by atoms with Crippen LogP contribution in [0.2, 0.25) is 0 Å². The van der Waals surface area contributed by atoms with Gasteiger partial charge in [0.15, 0.2) is 0 Å². The van der Waals surface area contributed by atoms with Crippen LogP contribution in [0.4, 0.5) is 5.95 Å². The molecule has 0 fully saturated rings. The average Bonchev–Trinajstić information content (AvgIpc) is 2.89. The maximum absolute atomic E-state index is 5.46. The van der Waals surface area contributed by atoms with Gasteiger partial charge in [0.25, 0.3) is 0 Å². The Morgan fingerprint density at radius 3 is 2.83 bits per heavy atom. The van der Waals surface area contributed by atoms with Crippen molar-refractivity contribution in [2.24, 2.45) is 11.8 Å². The van der Waals surface area contributed by atoms with Gasteiger partial charge in [-0.2, -0.15) is 15.0 Å². The largest absolute Gasteiger partial charge is 0.463 e. The van der Waals surface area contributed by atoms with E-state index in [4.69, 9.17) is 10.6 Å². The first-order chi connectivity index (χ1) is 8.69. The first-order valence-corrected chi connectivity index (χ1v) is 5.53. The zero-order valence-corrected chi connectivity index (χ0v) is 10.2. The van der Waals surface area contributed by atoms with Crippen LogP contribution in [0, 0.1) is 5.92 Å². The van der Waals surface area contributed by atoms with Gasteiger partial charge in [-0.05, 0) is 5.92 Å². The number of nitrogen functional groups attached to an aromatic ring is 1. The third-order valence-corrected chi connectivity index (χ3v) is 2.01. The van der Waals surface area contributed by atoms with Gasteiger partial charge in [0.1, 0.15) is 6.33 Å².